The fraction of sp³-hybridized carbons (Fsp3) is 0.190. The lowest BCUT2D eigenvalue weighted by Gasteiger charge is -2.12. The molecule has 30 heavy (non-hydrogen) atoms. The van der Waals surface area contributed by atoms with Crippen LogP contribution in [0.2, 0.25) is 10.0 Å². The van der Waals surface area contributed by atoms with E-state index >= 15 is 0 Å². The molecule has 4 rings (SSSR count). The first-order valence-corrected chi connectivity index (χ1v) is 11.0. The Morgan fingerprint density at radius 2 is 1.90 bits per heavy atom. The first-order chi connectivity index (χ1) is 14.5. The van der Waals surface area contributed by atoms with Crippen molar-refractivity contribution in [2.75, 3.05) is 0 Å². The van der Waals surface area contributed by atoms with Gasteiger partial charge >= 0.3 is 0 Å². The number of aryl methyl sites for hydroxylation is 1. The molecule has 0 saturated carbocycles. The number of aromatic nitrogens is 4. The Labute approximate surface area is 186 Å². The number of benzene rings is 2. The normalized spacial score (nSPS) is 11.3. The van der Waals surface area contributed by atoms with Crippen LogP contribution < -0.4 is 5.56 Å². The molecular weight excluding hydrogens is 446 g/mol. The molecule has 0 spiro atoms. The molecule has 2 aromatic carbocycles. The average Bonchev–Trinajstić information content (AvgIpc) is 3.15. The molecule has 0 N–H and O–H groups in total. The Morgan fingerprint density at radius 1 is 1.13 bits per heavy atom. The molecule has 2 aromatic heterocycles. The highest BCUT2D eigenvalue weighted by molar-refractivity contribution is 7.98. The van der Waals surface area contributed by atoms with E-state index in [1.54, 1.807) is 39.7 Å². The summed E-state index contributed by atoms with van der Waals surface area (Å²) in [6.45, 7) is 2.86. The van der Waals surface area contributed by atoms with Crippen molar-refractivity contribution >= 4 is 46.0 Å². The summed E-state index contributed by atoms with van der Waals surface area (Å²) in [5.41, 5.74) is 1.84. The predicted octanol–water partition coefficient (Wildman–Crippen LogP) is 5.40. The highest BCUT2D eigenvalue weighted by atomic mass is 35.5. The van der Waals surface area contributed by atoms with Crippen LogP contribution in [0.1, 0.15) is 18.1 Å². The topological polar surface area (TPSA) is 52.7 Å². The summed E-state index contributed by atoms with van der Waals surface area (Å²) in [6.07, 6.45) is 1.74. The highest BCUT2D eigenvalue weighted by Crippen LogP contribution is 2.28. The Kier molecular flexibility index (Phi) is 6.13. The molecule has 0 fully saturated rings. The minimum absolute atomic E-state index is 0.242. The fourth-order valence-corrected chi connectivity index (χ4v) is 4.48. The van der Waals surface area contributed by atoms with Crippen molar-refractivity contribution in [3.8, 4) is 0 Å². The van der Waals surface area contributed by atoms with E-state index in [0.717, 1.165) is 5.56 Å². The third-order valence-electron chi connectivity index (χ3n) is 4.62. The van der Waals surface area contributed by atoms with Crippen LogP contribution >= 0.6 is 35.0 Å². The van der Waals surface area contributed by atoms with Crippen LogP contribution in [-0.2, 0) is 18.8 Å². The lowest BCUT2D eigenvalue weighted by Crippen LogP contribution is -2.24. The van der Waals surface area contributed by atoms with E-state index in [4.69, 9.17) is 23.2 Å². The Bertz CT molecular complexity index is 1250. The van der Waals surface area contributed by atoms with Gasteiger partial charge in [0.15, 0.2) is 10.7 Å². The number of nitrogens with zero attached hydrogens (tertiary/aromatic N) is 4. The van der Waals surface area contributed by atoms with Gasteiger partial charge in [0, 0.05) is 27.9 Å². The smallest absolute Gasteiger partial charge is 0.281 e. The zero-order valence-electron chi connectivity index (χ0n) is 16.0. The lowest BCUT2D eigenvalue weighted by molar-refractivity contribution is 0.616. The summed E-state index contributed by atoms with van der Waals surface area (Å²) in [5, 5.41) is 5.77. The SMILES string of the molecule is CCn1cc2nc(SCc3c(F)cccc3Cl)n(Cc3ccc(Cl)cc3)c(=O)c2n1. The van der Waals surface area contributed by atoms with E-state index < -0.39 is 0 Å². The van der Waals surface area contributed by atoms with Crippen LogP contribution in [0.25, 0.3) is 11.0 Å². The molecule has 0 radical (unpaired) electrons. The molecule has 154 valence electrons. The molecule has 2 heterocycles. The Hall–Kier alpha value is -2.35. The van der Waals surface area contributed by atoms with Gasteiger partial charge in [-0.05, 0) is 36.8 Å². The predicted molar refractivity (Wildman–Crippen MR) is 119 cm³/mol. The molecule has 0 saturated heterocycles. The number of hydrogen-bond donors (Lipinski definition) is 0. The first-order valence-electron chi connectivity index (χ1n) is 9.24. The molecular formula is C21H17Cl2FN4OS. The molecule has 0 aliphatic rings. The summed E-state index contributed by atoms with van der Waals surface area (Å²) < 4.78 is 17.4. The van der Waals surface area contributed by atoms with Gasteiger partial charge in [-0.2, -0.15) is 5.10 Å². The van der Waals surface area contributed by atoms with Crippen molar-refractivity contribution in [2.24, 2.45) is 0 Å². The second kappa shape index (κ2) is 8.79. The maximum atomic E-state index is 14.2. The third kappa shape index (κ3) is 4.24. The van der Waals surface area contributed by atoms with Gasteiger partial charge in [0.25, 0.3) is 5.56 Å². The summed E-state index contributed by atoms with van der Waals surface area (Å²) in [5.74, 6) is -0.145. The quantitative estimate of drug-likeness (QED) is 0.284. The van der Waals surface area contributed by atoms with Crippen molar-refractivity contribution < 1.29 is 4.39 Å². The number of rotatable bonds is 6. The van der Waals surface area contributed by atoms with Crippen molar-refractivity contribution in [3.63, 3.8) is 0 Å². The monoisotopic (exact) mass is 462 g/mol. The van der Waals surface area contributed by atoms with E-state index in [1.807, 2.05) is 19.1 Å². The summed E-state index contributed by atoms with van der Waals surface area (Å²) >= 11 is 13.4. The van der Waals surface area contributed by atoms with Crippen LogP contribution in [0.15, 0.2) is 58.6 Å². The number of thioether (sulfide) groups is 1. The summed E-state index contributed by atoms with van der Waals surface area (Å²) in [6, 6.07) is 11.8. The van der Waals surface area contributed by atoms with E-state index in [0.29, 0.717) is 44.9 Å². The van der Waals surface area contributed by atoms with Gasteiger partial charge in [-0.25, -0.2) is 9.37 Å². The zero-order valence-corrected chi connectivity index (χ0v) is 18.3. The van der Waals surface area contributed by atoms with Crippen molar-refractivity contribution in [3.05, 3.63) is 86.0 Å². The van der Waals surface area contributed by atoms with Crippen molar-refractivity contribution in [2.45, 2.75) is 30.9 Å². The zero-order chi connectivity index (χ0) is 21.3. The number of fused-ring (bicyclic) bond motifs is 1. The van der Waals surface area contributed by atoms with Crippen LogP contribution in [0.5, 0.6) is 0 Å². The maximum Gasteiger partial charge on any atom is 0.282 e. The molecule has 9 heteroatoms. The lowest BCUT2D eigenvalue weighted by atomic mass is 10.2. The molecule has 0 bridgehead atoms. The Morgan fingerprint density at radius 3 is 2.60 bits per heavy atom. The molecule has 0 amide bonds. The molecule has 4 aromatic rings. The van der Waals surface area contributed by atoms with Gasteiger partial charge in [0.05, 0.1) is 12.7 Å². The van der Waals surface area contributed by atoms with Gasteiger partial charge in [-0.1, -0.05) is 53.2 Å². The Balaban J connectivity index is 1.77. The van der Waals surface area contributed by atoms with Crippen LogP contribution in [0, 0.1) is 5.82 Å². The van der Waals surface area contributed by atoms with Gasteiger partial charge in [-0.3, -0.25) is 14.0 Å². The van der Waals surface area contributed by atoms with Crippen molar-refractivity contribution in [1.82, 2.24) is 19.3 Å². The minimum atomic E-state index is -0.388. The fourth-order valence-electron chi connectivity index (χ4n) is 3.01. The summed E-state index contributed by atoms with van der Waals surface area (Å²) in [7, 11) is 0. The number of hydrogen-bond acceptors (Lipinski definition) is 4. The first kappa shape index (κ1) is 20.9. The summed E-state index contributed by atoms with van der Waals surface area (Å²) in [4.78, 5) is 17.8. The molecule has 0 unspecified atom stereocenters. The number of halogens is 3. The van der Waals surface area contributed by atoms with Gasteiger partial charge in [-0.15, -0.1) is 0 Å². The van der Waals surface area contributed by atoms with E-state index in [9.17, 15) is 9.18 Å². The standard InChI is InChI=1S/C21H17Cl2FN4OS/c1-2-27-11-18-19(26-27)20(29)28(10-13-6-8-14(22)9-7-13)21(25-18)30-12-15-16(23)4-3-5-17(15)24/h3-9,11H,2,10,12H2,1H3. The average molecular weight is 463 g/mol. The molecule has 0 aliphatic heterocycles. The van der Waals surface area contributed by atoms with Crippen LogP contribution in [-0.4, -0.2) is 19.3 Å². The maximum absolute atomic E-state index is 14.2. The molecule has 0 atom stereocenters. The molecule has 0 aliphatic carbocycles. The van der Waals surface area contributed by atoms with E-state index in [-0.39, 0.29) is 17.1 Å². The van der Waals surface area contributed by atoms with Crippen LogP contribution in [0.3, 0.4) is 0 Å². The highest BCUT2D eigenvalue weighted by Gasteiger charge is 2.17. The largest absolute Gasteiger partial charge is 0.282 e. The van der Waals surface area contributed by atoms with E-state index in [1.165, 1.54) is 17.8 Å². The second-order valence-electron chi connectivity index (χ2n) is 6.62. The van der Waals surface area contributed by atoms with Crippen LogP contribution in [0.4, 0.5) is 4.39 Å². The van der Waals surface area contributed by atoms with Crippen molar-refractivity contribution in [1.29, 1.82) is 0 Å². The van der Waals surface area contributed by atoms with Gasteiger partial charge < -0.3 is 0 Å². The third-order valence-corrected chi connectivity index (χ3v) is 6.23. The minimum Gasteiger partial charge on any atom is -0.281 e. The second-order valence-corrected chi connectivity index (χ2v) is 8.41. The van der Waals surface area contributed by atoms with E-state index in [2.05, 4.69) is 10.1 Å². The molecule has 5 nitrogen and oxygen atoms in total. The van der Waals surface area contributed by atoms with Gasteiger partial charge in [0.2, 0.25) is 0 Å². The van der Waals surface area contributed by atoms with Gasteiger partial charge in [0.1, 0.15) is 11.3 Å².